The molecule has 20 heavy (non-hydrogen) atoms. The molecule has 1 amide bonds. The minimum Gasteiger partial charge on any atom is -0.352 e. The van der Waals surface area contributed by atoms with Gasteiger partial charge in [-0.1, -0.05) is 30.3 Å². The third-order valence-corrected chi connectivity index (χ3v) is 3.26. The number of hydrogen-bond acceptors (Lipinski definition) is 2. The maximum atomic E-state index is 12.3. The van der Waals surface area contributed by atoms with Crippen LogP contribution in [-0.2, 0) is 6.54 Å². The number of pyridine rings is 1. The lowest BCUT2D eigenvalue weighted by atomic mass is 10.2. The summed E-state index contributed by atoms with van der Waals surface area (Å²) in [4.78, 5) is 24.2. The van der Waals surface area contributed by atoms with Gasteiger partial charge in [0.15, 0.2) is 0 Å². The summed E-state index contributed by atoms with van der Waals surface area (Å²) < 4.78 is 2.23. The molecule has 0 saturated heterocycles. The molecule has 0 aliphatic heterocycles. The SMILES string of the molecule is CCNC(=O)c1cc(Br)cn(Cc2ccccc2)c1=O. The summed E-state index contributed by atoms with van der Waals surface area (Å²) in [7, 11) is 0. The summed E-state index contributed by atoms with van der Waals surface area (Å²) in [5.41, 5.74) is 0.870. The van der Waals surface area contributed by atoms with Gasteiger partial charge in [0.25, 0.3) is 11.5 Å². The molecule has 0 radical (unpaired) electrons. The molecule has 1 aromatic heterocycles. The smallest absolute Gasteiger partial charge is 0.263 e. The molecule has 0 fully saturated rings. The molecule has 0 unspecified atom stereocenters. The fraction of sp³-hybridized carbons (Fsp3) is 0.200. The summed E-state index contributed by atoms with van der Waals surface area (Å²) in [6.45, 7) is 2.74. The van der Waals surface area contributed by atoms with Gasteiger partial charge in [0.1, 0.15) is 5.56 Å². The van der Waals surface area contributed by atoms with Crippen LogP contribution in [0.5, 0.6) is 0 Å². The molecule has 2 aromatic rings. The molecule has 1 aromatic carbocycles. The lowest BCUT2D eigenvalue weighted by molar-refractivity contribution is 0.0953. The van der Waals surface area contributed by atoms with E-state index in [1.54, 1.807) is 12.3 Å². The van der Waals surface area contributed by atoms with Crippen LogP contribution in [0.15, 0.2) is 51.9 Å². The number of carbonyl (C=O) groups excluding carboxylic acids is 1. The molecule has 2 rings (SSSR count). The average Bonchev–Trinajstić information content (AvgIpc) is 2.44. The van der Waals surface area contributed by atoms with Crippen LogP contribution >= 0.6 is 15.9 Å². The second kappa shape index (κ2) is 6.52. The van der Waals surface area contributed by atoms with E-state index in [2.05, 4.69) is 21.2 Å². The van der Waals surface area contributed by atoms with E-state index < -0.39 is 0 Å². The van der Waals surface area contributed by atoms with Crippen LogP contribution in [0, 0.1) is 0 Å². The average molecular weight is 335 g/mol. The van der Waals surface area contributed by atoms with Gasteiger partial charge < -0.3 is 9.88 Å². The molecule has 1 N–H and O–H groups in total. The normalized spacial score (nSPS) is 10.3. The first-order valence-electron chi connectivity index (χ1n) is 6.34. The van der Waals surface area contributed by atoms with Crippen LogP contribution in [0.3, 0.4) is 0 Å². The van der Waals surface area contributed by atoms with E-state index in [9.17, 15) is 9.59 Å². The predicted octanol–water partition coefficient (Wildman–Crippen LogP) is 2.41. The highest BCUT2D eigenvalue weighted by Gasteiger charge is 2.13. The van der Waals surface area contributed by atoms with Crippen LogP contribution in [-0.4, -0.2) is 17.0 Å². The van der Waals surface area contributed by atoms with Gasteiger partial charge >= 0.3 is 0 Å². The zero-order valence-electron chi connectivity index (χ0n) is 11.1. The quantitative estimate of drug-likeness (QED) is 0.933. The summed E-state index contributed by atoms with van der Waals surface area (Å²) >= 11 is 3.34. The van der Waals surface area contributed by atoms with Crippen LogP contribution < -0.4 is 10.9 Å². The topological polar surface area (TPSA) is 51.1 Å². The maximum Gasteiger partial charge on any atom is 0.263 e. The second-order valence-electron chi connectivity index (χ2n) is 4.35. The molecule has 4 nitrogen and oxygen atoms in total. The molecule has 0 spiro atoms. The Labute approximate surface area is 125 Å². The Morgan fingerprint density at radius 1 is 1.30 bits per heavy atom. The highest BCUT2D eigenvalue weighted by Crippen LogP contribution is 2.10. The molecule has 1 heterocycles. The van der Waals surface area contributed by atoms with E-state index in [-0.39, 0.29) is 17.0 Å². The number of benzene rings is 1. The zero-order chi connectivity index (χ0) is 14.5. The van der Waals surface area contributed by atoms with Crippen molar-refractivity contribution >= 4 is 21.8 Å². The predicted molar refractivity (Wildman–Crippen MR) is 82.0 cm³/mol. The van der Waals surface area contributed by atoms with Crippen LogP contribution in [0.1, 0.15) is 22.8 Å². The third kappa shape index (κ3) is 3.36. The molecule has 104 valence electrons. The van der Waals surface area contributed by atoms with Crippen LogP contribution in [0.2, 0.25) is 0 Å². The fourth-order valence-electron chi connectivity index (χ4n) is 1.92. The van der Waals surface area contributed by atoms with E-state index in [0.717, 1.165) is 5.56 Å². The van der Waals surface area contributed by atoms with Crippen molar-refractivity contribution in [3.05, 3.63) is 68.5 Å². The number of amides is 1. The highest BCUT2D eigenvalue weighted by atomic mass is 79.9. The van der Waals surface area contributed by atoms with Gasteiger partial charge in [-0.25, -0.2) is 0 Å². The first kappa shape index (κ1) is 14.5. The Kier molecular flexibility index (Phi) is 4.74. The highest BCUT2D eigenvalue weighted by molar-refractivity contribution is 9.10. The van der Waals surface area contributed by atoms with E-state index in [4.69, 9.17) is 0 Å². The van der Waals surface area contributed by atoms with Gasteiger partial charge in [-0.3, -0.25) is 9.59 Å². The molecule has 0 aliphatic rings. The Balaban J connectivity index is 2.39. The Morgan fingerprint density at radius 2 is 2.00 bits per heavy atom. The van der Waals surface area contributed by atoms with Gasteiger partial charge in [0.05, 0.1) is 6.54 Å². The standard InChI is InChI=1S/C15H15BrN2O2/c1-2-17-14(19)13-8-12(16)10-18(15(13)20)9-11-6-4-3-5-7-11/h3-8,10H,2,9H2,1H3,(H,17,19). The Bertz CT molecular complexity index is 665. The number of halogens is 1. The van der Waals surface area contributed by atoms with Crippen molar-refractivity contribution in [2.45, 2.75) is 13.5 Å². The van der Waals surface area contributed by atoms with Crippen molar-refractivity contribution in [2.24, 2.45) is 0 Å². The van der Waals surface area contributed by atoms with E-state index in [0.29, 0.717) is 17.6 Å². The monoisotopic (exact) mass is 334 g/mol. The van der Waals surface area contributed by atoms with Gasteiger partial charge in [-0.2, -0.15) is 0 Å². The minimum absolute atomic E-state index is 0.150. The summed E-state index contributed by atoms with van der Waals surface area (Å²) in [6, 6.07) is 11.2. The van der Waals surface area contributed by atoms with Crippen LogP contribution in [0.25, 0.3) is 0 Å². The number of carbonyl (C=O) groups is 1. The number of rotatable bonds is 4. The minimum atomic E-state index is -0.347. The molecular weight excluding hydrogens is 320 g/mol. The van der Waals surface area contributed by atoms with Crippen molar-refractivity contribution < 1.29 is 4.79 Å². The number of aromatic nitrogens is 1. The molecule has 0 saturated carbocycles. The van der Waals surface area contributed by atoms with E-state index in [1.807, 2.05) is 37.3 Å². The summed E-state index contributed by atoms with van der Waals surface area (Å²) in [5.74, 6) is -0.347. The summed E-state index contributed by atoms with van der Waals surface area (Å²) in [6.07, 6.45) is 1.69. The van der Waals surface area contributed by atoms with Gasteiger partial charge in [0, 0.05) is 17.2 Å². The first-order chi connectivity index (χ1) is 9.61. The maximum absolute atomic E-state index is 12.3. The second-order valence-corrected chi connectivity index (χ2v) is 5.27. The molecule has 0 atom stereocenters. The number of nitrogens with zero attached hydrogens (tertiary/aromatic N) is 1. The molecular formula is C15H15BrN2O2. The number of nitrogens with one attached hydrogen (secondary N) is 1. The van der Waals surface area contributed by atoms with Crippen molar-refractivity contribution in [1.29, 1.82) is 0 Å². The Morgan fingerprint density at radius 3 is 2.65 bits per heavy atom. The van der Waals surface area contributed by atoms with E-state index >= 15 is 0 Å². The lowest BCUT2D eigenvalue weighted by Gasteiger charge is -2.09. The van der Waals surface area contributed by atoms with E-state index in [1.165, 1.54) is 4.57 Å². The van der Waals surface area contributed by atoms with Crippen LogP contribution in [0.4, 0.5) is 0 Å². The fourth-order valence-corrected chi connectivity index (χ4v) is 2.39. The number of hydrogen-bond donors (Lipinski definition) is 1. The molecule has 5 heteroatoms. The van der Waals surface area contributed by atoms with Crippen molar-refractivity contribution in [1.82, 2.24) is 9.88 Å². The zero-order valence-corrected chi connectivity index (χ0v) is 12.7. The van der Waals surface area contributed by atoms with Crippen molar-refractivity contribution in [2.75, 3.05) is 6.54 Å². The first-order valence-corrected chi connectivity index (χ1v) is 7.13. The van der Waals surface area contributed by atoms with Gasteiger partial charge in [-0.15, -0.1) is 0 Å². The third-order valence-electron chi connectivity index (χ3n) is 2.83. The van der Waals surface area contributed by atoms with Crippen molar-refractivity contribution in [3.63, 3.8) is 0 Å². The van der Waals surface area contributed by atoms with Gasteiger partial charge in [0.2, 0.25) is 0 Å². The summed E-state index contributed by atoms with van der Waals surface area (Å²) in [5, 5.41) is 2.65. The lowest BCUT2D eigenvalue weighted by Crippen LogP contribution is -2.33. The largest absolute Gasteiger partial charge is 0.352 e. The molecule has 0 bridgehead atoms. The molecule has 0 aliphatic carbocycles. The van der Waals surface area contributed by atoms with Crippen molar-refractivity contribution in [3.8, 4) is 0 Å². The Hall–Kier alpha value is -1.88. The van der Waals surface area contributed by atoms with Gasteiger partial charge in [-0.05, 0) is 34.5 Å².